The van der Waals surface area contributed by atoms with E-state index in [1.165, 1.54) is 0 Å². The highest BCUT2D eigenvalue weighted by Gasteiger charge is 2.28. The second kappa shape index (κ2) is 6.65. The maximum Gasteiger partial charge on any atom is 0.254 e. The van der Waals surface area contributed by atoms with E-state index in [0.29, 0.717) is 12.0 Å². The van der Waals surface area contributed by atoms with Crippen LogP contribution in [0.2, 0.25) is 0 Å². The molecule has 1 fully saturated rings. The molecule has 4 nitrogen and oxygen atoms in total. The highest BCUT2D eigenvalue weighted by atomic mass is 19.1. The minimum atomic E-state index is -0.917. The number of hydrogen-bond acceptors (Lipinski definition) is 2. The van der Waals surface area contributed by atoms with E-state index < -0.39 is 17.5 Å². The summed E-state index contributed by atoms with van der Waals surface area (Å²) >= 11 is 0. The van der Waals surface area contributed by atoms with Crippen molar-refractivity contribution in [1.82, 2.24) is 10.6 Å². The number of rotatable bonds is 6. The summed E-state index contributed by atoms with van der Waals surface area (Å²) < 4.78 is 26.1. The molecule has 0 aliphatic heterocycles. The zero-order chi connectivity index (χ0) is 15.4. The van der Waals surface area contributed by atoms with Crippen LogP contribution in [0.15, 0.2) is 18.2 Å². The van der Waals surface area contributed by atoms with Crippen molar-refractivity contribution in [3.63, 3.8) is 0 Å². The highest BCUT2D eigenvalue weighted by Crippen LogP contribution is 2.32. The first-order valence-corrected chi connectivity index (χ1v) is 7.00. The Bertz CT molecular complexity index is 544. The average molecular weight is 296 g/mol. The largest absolute Gasteiger partial charge is 0.353 e. The van der Waals surface area contributed by atoms with Gasteiger partial charge in [-0.15, -0.1) is 0 Å². The lowest BCUT2D eigenvalue weighted by Crippen LogP contribution is -2.36. The number of hydrogen-bond donors (Lipinski definition) is 2. The predicted molar refractivity (Wildman–Crippen MR) is 73.6 cm³/mol. The van der Waals surface area contributed by atoms with Crippen molar-refractivity contribution in [1.29, 1.82) is 0 Å². The first-order valence-electron chi connectivity index (χ1n) is 7.00. The number of carbonyl (C=O) groups excluding carboxylic acids is 2. The molecule has 0 aromatic heterocycles. The van der Waals surface area contributed by atoms with Gasteiger partial charge in [-0.1, -0.05) is 0 Å². The van der Waals surface area contributed by atoms with Crippen LogP contribution in [0, 0.1) is 17.6 Å². The Balaban J connectivity index is 1.74. The zero-order valence-corrected chi connectivity index (χ0v) is 11.8. The molecule has 21 heavy (non-hydrogen) atoms. The van der Waals surface area contributed by atoms with Crippen LogP contribution in [0.5, 0.6) is 0 Å². The third-order valence-corrected chi connectivity index (χ3v) is 3.53. The number of carbonyl (C=O) groups is 2. The fraction of sp³-hybridized carbons (Fsp3) is 0.467. The Kier molecular flexibility index (Phi) is 4.88. The van der Waals surface area contributed by atoms with Crippen molar-refractivity contribution in [3.05, 3.63) is 35.4 Å². The van der Waals surface area contributed by atoms with Gasteiger partial charge in [0.25, 0.3) is 5.91 Å². The molecule has 0 bridgehead atoms. The summed E-state index contributed by atoms with van der Waals surface area (Å²) in [6.45, 7) is 2.07. The van der Waals surface area contributed by atoms with Crippen LogP contribution in [-0.2, 0) is 4.79 Å². The van der Waals surface area contributed by atoms with Gasteiger partial charge in [0.15, 0.2) is 0 Å². The molecule has 6 heteroatoms. The van der Waals surface area contributed by atoms with Crippen molar-refractivity contribution < 1.29 is 18.4 Å². The van der Waals surface area contributed by atoms with Crippen LogP contribution < -0.4 is 10.6 Å². The normalized spacial score (nSPS) is 15.4. The monoisotopic (exact) mass is 296 g/mol. The number of amides is 2. The summed E-state index contributed by atoms with van der Waals surface area (Å²) in [5.74, 6) is -1.89. The summed E-state index contributed by atoms with van der Waals surface area (Å²) in [5, 5.41) is 5.31. The predicted octanol–water partition coefficient (Wildman–Crippen LogP) is 2.00. The summed E-state index contributed by atoms with van der Waals surface area (Å²) in [7, 11) is 0. The third kappa shape index (κ3) is 4.51. The van der Waals surface area contributed by atoms with E-state index >= 15 is 0 Å². The van der Waals surface area contributed by atoms with Gasteiger partial charge in [-0.25, -0.2) is 8.78 Å². The zero-order valence-electron chi connectivity index (χ0n) is 11.8. The standard InChI is InChI=1S/C15H18F2N2O2/c1-9(10-2-3-10)19-14(20)6-7-18-15(21)12-5-4-11(16)8-13(12)17/h4-5,8-10H,2-3,6-7H2,1H3,(H,18,21)(H,19,20). The maximum atomic E-state index is 13.4. The summed E-state index contributed by atoms with van der Waals surface area (Å²) in [6, 6.07) is 2.90. The Morgan fingerprint density at radius 3 is 2.67 bits per heavy atom. The average Bonchev–Trinajstić information content (AvgIpc) is 3.22. The van der Waals surface area contributed by atoms with Crippen molar-refractivity contribution in [2.24, 2.45) is 5.92 Å². The fourth-order valence-corrected chi connectivity index (χ4v) is 2.10. The molecule has 0 saturated heterocycles. The Morgan fingerprint density at radius 2 is 2.05 bits per heavy atom. The molecule has 1 aromatic carbocycles. The van der Waals surface area contributed by atoms with Crippen LogP contribution in [0.1, 0.15) is 36.5 Å². The maximum absolute atomic E-state index is 13.4. The molecule has 1 atom stereocenters. The van der Waals surface area contributed by atoms with E-state index in [4.69, 9.17) is 0 Å². The SMILES string of the molecule is CC(NC(=O)CCNC(=O)c1ccc(F)cc1F)C1CC1. The third-order valence-electron chi connectivity index (χ3n) is 3.53. The number of nitrogens with one attached hydrogen (secondary N) is 2. The van der Waals surface area contributed by atoms with Crippen LogP contribution in [0.25, 0.3) is 0 Å². The fourth-order valence-electron chi connectivity index (χ4n) is 2.10. The van der Waals surface area contributed by atoms with Gasteiger partial charge in [-0.3, -0.25) is 9.59 Å². The van der Waals surface area contributed by atoms with E-state index in [9.17, 15) is 18.4 Å². The first kappa shape index (κ1) is 15.4. The lowest BCUT2D eigenvalue weighted by atomic mass is 10.2. The van der Waals surface area contributed by atoms with Gasteiger partial charge in [0.05, 0.1) is 5.56 Å². The number of halogens is 2. The minimum Gasteiger partial charge on any atom is -0.353 e. The molecule has 114 valence electrons. The lowest BCUT2D eigenvalue weighted by Gasteiger charge is -2.13. The van der Waals surface area contributed by atoms with Crippen LogP contribution in [-0.4, -0.2) is 24.4 Å². The lowest BCUT2D eigenvalue weighted by molar-refractivity contribution is -0.121. The van der Waals surface area contributed by atoms with Gasteiger partial charge in [-0.05, 0) is 37.8 Å². The Labute approximate surface area is 121 Å². The topological polar surface area (TPSA) is 58.2 Å². The van der Waals surface area contributed by atoms with Gasteiger partial charge in [0.2, 0.25) is 5.91 Å². The summed E-state index contributed by atoms with van der Waals surface area (Å²) in [4.78, 5) is 23.3. The minimum absolute atomic E-state index is 0.110. The summed E-state index contributed by atoms with van der Waals surface area (Å²) in [6.07, 6.45) is 2.41. The molecule has 0 radical (unpaired) electrons. The van der Waals surface area contributed by atoms with E-state index in [1.54, 1.807) is 0 Å². The molecule has 1 aliphatic rings. The van der Waals surface area contributed by atoms with Crippen molar-refractivity contribution in [2.75, 3.05) is 6.54 Å². The summed E-state index contributed by atoms with van der Waals surface area (Å²) in [5.41, 5.74) is -0.233. The molecule has 1 saturated carbocycles. The van der Waals surface area contributed by atoms with E-state index in [2.05, 4.69) is 10.6 Å². The number of benzene rings is 1. The molecule has 0 spiro atoms. The quantitative estimate of drug-likeness (QED) is 0.843. The van der Waals surface area contributed by atoms with Gasteiger partial charge in [0.1, 0.15) is 11.6 Å². The highest BCUT2D eigenvalue weighted by molar-refractivity contribution is 5.94. The molecule has 2 N–H and O–H groups in total. The van der Waals surface area contributed by atoms with E-state index in [0.717, 1.165) is 25.0 Å². The Morgan fingerprint density at radius 1 is 1.33 bits per heavy atom. The molecule has 2 rings (SSSR count). The molecule has 1 unspecified atom stereocenters. The second-order valence-corrected chi connectivity index (χ2v) is 5.32. The van der Waals surface area contributed by atoms with E-state index in [-0.39, 0.29) is 30.5 Å². The van der Waals surface area contributed by atoms with E-state index in [1.807, 2.05) is 6.92 Å². The smallest absolute Gasteiger partial charge is 0.254 e. The first-order chi connectivity index (χ1) is 9.97. The molecule has 0 heterocycles. The van der Waals surface area contributed by atoms with Crippen molar-refractivity contribution in [3.8, 4) is 0 Å². The van der Waals surface area contributed by atoms with Gasteiger partial charge in [0, 0.05) is 25.1 Å². The molecule has 1 aromatic rings. The second-order valence-electron chi connectivity index (χ2n) is 5.32. The van der Waals surface area contributed by atoms with Crippen LogP contribution in [0.4, 0.5) is 8.78 Å². The molecular formula is C15H18F2N2O2. The van der Waals surface area contributed by atoms with Gasteiger partial charge in [-0.2, -0.15) is 0 Å². The van der Waals surface area contributed by atoms with Gasteiger partial charge < -0.3 is 10.6 Å². The van der Waals surface area contributed by atoms with Crippen LogP contribution >= 0.6 is 0 Å². The molecule has 1 aliphatic carbocycles. The molecular weight excluding hydrogens is 278 g/mol. The van der Waals surface area contributed by atoms with Crippen LogP contribution in [0.3, 0.4) is 0 Å². The van der Waals surface area contributed by atoms with Gasteiger partial charge >= 0.3 is 0 Å². The van der Waals surface area contributed by atoms with Crippen molar-refractivity contribution in [2.45, 2.75) is 32.2 Å². The Hall–Kier alpha value is -1.98. The van der Waals surface area contributed by atoms with Crippen molar-refractivity contribution >= 4 is 11.8 Å². The molecule has 2 amide bonds.